The highest BCUT2D eigenvalue weighted by Gasteiger charge is 2.17. The normalized spacial score (nSPS) is 10.6. The van der Waals surface area contributed by atoms with Gasteiger partial charge in [-0.3, -0.25) is 4.79 Å². The highest BCUT2D eigenvalue weighted by Crippen LogP contribution is 2.21. The van der Waals surface area contributed by atoms with Gasteiger partial charge in [0.15, 0.2) is 0 Å². The van der Waals surface area contributed by atoms with E-state index in [1.165, 1.54) is 0 Å². The Bertz CT molecular complexity index is 773. The van der Waals surface area contributed by atoms with E-state index in [4.69, 9.17) is 9.15 Å². The molecule has 0 aliphatic rings. The Kier molecular flexibility index (Phi) is 5.56. The number of thiophene rings is 1. The fourth-order valence-electron chi connectivity index (χ4n) is 2.67. The maximum absolute atomic E-state index is 12.9. The van der Waals surface area contributed by atoms with Crippen LogP contribution in [-0.2, 0) is 24.3 Å². The Balaban J connectivity index is 1.76. The molecule has 5 heteroatoms. The van der Waals surface area contributed by atoms with Crippen molar-refractivity contribution in [3.8, 4) is 5.75 Å². The van der Waals surface area contributed by atoms with Crippen LogP contribution in [-0.4, -0.2) is 17.9 Å². The van der Waals surface area contributed by atoms with E-state index in [1.54, 1.807) is 24.7 Å². The standard InChI is InChI=1S/C20H21NO3S/c1-15-7-8-16(11-19(15)23-2)12-20(22)21(13-17-5-3-9-24-17)14-18-6-4-10-25-18/h3-11H,12-14H2,1-2H3. The molecule has 25 heavy (non-hydrogen) atoms. The molecule has 0 spiro atoms. The van der Waals surface area contributed by atoms with E-state index < -0.39 is 0 Å². The summed E-state index contributed by atoms with van der Waals surface area (Å²) in [5.41, 5.74) is 2.01. The topological polar surface area (TPSA) is 42.7 Å². The van der Waals surface area contributed by atoms with Gasteiger partial charge in [0, 0.05) is 4.88 Å². The molecule has 4 nitrogen and oxygen atoms in total. The quantitative estimate of drug-likeness (QED) is 0.630. The molecule has 0 saturated carbocycles. The first-order valence-corrected chi connectivity index (χ1v) is 8.99. The number of methoxy groups -OCH3 is 1. The van der Waals surface area contributed by atoms with Gasteiger partial charge in [-0.25, -0.2) is 0 Å². The van der Waals surface area contributed by atoms with E-state index in [1.807, 2.05) is 59.7 Å². The average molecular weight is 355 g/mol. The molecule has 3 aromatic rings. The van der Waals surface area contributed by atoms with Crippen molar-refractivity contribution in [3.05, 3.63) is 75.9 Å². The molecule has 0 N–H and O–H groups in total. The first-order valence-electron chi connectivity index (χ1n) is 8.12. The number of rotatable bonds is 7. The van der Waals surface area contributed by atoms with Crippen molar-refractivity contribution < 1.29 is 13.9 Å². The van der Waals surface area contributed by atoms with Crippen molar-refractivity contribution >= 4 is 17.2 Å². The number of carbonyl (C=O) groups excluding carboxylic acids is 1. The molecule has 2 heterocycles. The molecular formula is C20H21NO3S. The molecule has 2 aromatic heterocycles. The van der Waals surface area contributed by atoms with Crippen molar-refractivity contribution in [1.82, 2.24) is 4.90 Å². The monoisotopic (exact) mass is 355 g/mol. The Morgan fingerprint density at radius 3 is 2.76 bits per heavy atom. The largest absolute Gasteiger partial charge is 0.496 e. The smallest absolute Gasteiger partial charge is 0.227 e. The molecular weight excluding hydrogens is 334 g/mol. The van der Waals surface area contributed by atoms with Crippen LogP contribution >= 0.6 is 11.3 Å². The molecule has 0 radical (unpaired) electrons. The Morgan fingerprint density at radius 2 is 2.08 bits per heavy atom. The zero-order valence-electron chi connectivity index (χ0n) is 14.4. The van der Waals surface area contributed by atoms with Gasteiger partial charge in [-0.1, -0.05) is 18.2 Å². The number of hydrogen-bond acceptors (Lipinski definition) is 4. The highest BCUT2D eigenvalue weighted by molar-refractivity contribution is 7.09. The Hall–Kier alpha value is -2.53. The lowest BCUT2D eigenvalue weighted by Crippen LogP contribution is -2.31. The molecule has 0 fully saturated rings. The van der Waals surface area contributed by atoms with Crippen LogP contribution in [0.15, 0.2) is 58.5 Å². The molecule has 0 bridgehead atoms. The number of amides is 1. The molecule has 1 amide bonds. The molecule has 0 unspecified atom stereocenters. The Labute approximate surface area is 151 Å². The van der Waals surface area contributed by atoms with Crippen molar-refractivity contribution in [1.29, 1.82) is 0 Å². The van der Waals surface area contributed by atoms with Crippen LogP contribution in [0.25, 0.3) is 0 Å². The summed E-state index contributed by atoms with van der Waals surface area (Å²) in [7, 11) is 1.65. The van der Waals surface area contributed by atoms with E-state index in [0.717, 1.165) is 27.5 Å². The van der Waals surface area contributed by atoms with Gasteiger partial charge in [0.1, 0.15) is 11.5 Å². The zero-order valence-corrected chi connectivity index (χ0v) is 15.2. The first kappa shape index (κ1) is 17.3. The third-order valence-electron chi connectivity index (χ3n) is 4.03. The van der Waals surface area contributed by atoms with E-state index in [-0.39, 0.29) is 5.91 Å². The molecule has 0 aliphatic carbocycles. The van der Waals surface area contributed by atoms with Gasteiger partial charge in [0.25, 0.3) is 0 Å². The fourth-order valence-corrected chi connectivity index (χ4v) is 3.39. The van der Waals surface area contributed by atoms with Gasteiger partial charge < -0.3 is 14.1 Å². The minimum atomic E-state index is 0.0655. The lowest BCUT2D eigenvalue weighted by atomic mass is 10.1. The third-order valence-corrected chi connectivity index (χ3v) is 4.90. The van der Waals surface area contributed by atoms with E-state index >= 15 is 0 Å². The van der Waals surface area contributed by atoms with Crippen LogP contribution in [0, 0.1) is 6.92 Å². The van der Waals surface area contributed by atoms with Gasteiger partial charge in [-0.05, 0) is 47.7 Å². The van der Waals surface area contributed by atoms with Gasteiger partial charge in [0.2, 0.25) is 5.91 Å². The lowest BCUT2D eigenvalue weighted by Gasteiger charge is -2.21. The second-order valence-corrected chi connectivity index (χ2v) is 6.92. The molecule has 0 atom stereocenters. The molecule has 130 valence electrons. The number of nitrogens with zero attached hydrogens (tertiary/aromatic N) is 1. The van der Waals surface area contributed by atoms with Crippen molar-refractivity contribution in [2.75, 3.05) is 7.11 Å². The maximum atomic E-state index is 12.9. The average Bonchev–Trinajstić information content (AvgIpc) is 3.30. The Morgan fingerprint density at radius 1 is 1.20 bits per heavy atom. The summed E-state index contributed by atoms with van der Waals surface area (Å²) in [5, 5.41) is 2.02. The summed E-state index contributed by atoms with van der Waals surface area (Å²) >= 11 is 1.65. The third kappa shape index (κ3) is 4.51. The number of furan rings is 1. The van der Waals surface area contributed by atoms with Crippen LogP contribution in [0.4, 0.5) is 0 Å². The number of hydrogen-bond donors (Lipinski definition) is 0. The summed E-state index contributed by atoms with van der Waals surface area (Å²) in [4.78, 5) is 15.9. The molecule has 0 saturated heterocycles. The zero-order chi connectivity index (χ0) is 17.6. The fraction of sp³-hybridized carbons (Fsp3) is 0.250. The van der Waals surface area contributed by atoms with E-state index in [9.17, 15) is 4.79 Å². The predicted molar refractivity (Wildman–Crippen MR) is 98.7 cm³/mol. The maximum Gasteiger partial charge on any atom is 0.227 e. The number of ether oxygens (including phenoxy) is 1. The highest BCUT2D eigenvalue weighted by atomic mass is 32.1. The molecule has 1 aromatic carbocycles. The summed E-state index contributed by atoms with van der Waals surface area (Å²) in [5.74, 6) is 1.66. The van der Waals surface area contributed by atoms with Crippen LogP contribution in [0.5, 0.6) is 5.75 Å². The van der Waals surface area contributed by atoms with Crippen LogP contribution in [0.2, 0.25) is 0 Å². The molecule has 0 aliphatic heterocycles. The first-order chi connectivity index (χ1) is 12.2. The predicted octanol–water partition coefficient (Wildman–Crippen LogP) is 4.43. The van der Waals surface area contributed by atoms with Gasteiger partial charge in [-0.2, -0.15) is 0 Å². The van der Waals surface area contributed by atoms with Gasteiger partial charge in [0.05, 0.1) is 32.9 Å². The minimum Gasteiger partial charge on any atom is -0.496 e. The molecule has 3 rings (SSSR count). The SMILES string of the molecule is COc1cc(CC(=O)N(Cc2ccco2)Cc2cccs2)ccc1C. The van der Waals surface area contributed by atoms with E-state index in [2.05, 4.69) is 0 Å². The number of carbonyl (C=O) groups is 1. The lowest BCUT2D eigenvalue weighted by molar-refractivity contribution is -0.131. The summed E-state index contributed by atoms with van der Waals surface area (Å²) < 4.78 is 10.8. The van der Waals surface area contributed by atoms with Crippen molar-refractivity contribution in [3.63, 3.8) is 0 Å². The van der Waals surface area contributed by atoms with E-state index in [0.29, 0.717) is 19.5 Å². The van der Waals surface area contributed by atoms with Gasteiger partial charge in [-0.15, -0.1) is 11.3 Å². The summed E-state index contributed by atoms with van der Waals surface area (Å²) in [6.45, 7) is 3.04. The second kappa shape index (κ2) is 8.03. The van der Waals surface area contributed by atoms with Crippen LogP contribution < -0.4 is 4.74 Å². The van der Waals surface area contributed by atoms with Crippen LogP contribution in [0.1, 0.15) is 21.8 Å². The van der Waals surface area contributed by atoms with Crippen LogP contribution in [0.3, 0.4) is 0 Å². The summed E-state index contributed by atoms with van der Waals surface area (Å²) in [6, 6.07) is 13.7. The minimum absolute atomic E-state index is 0.0655. The van der Waals surface area contributed by atoms with Crippen molar-refractivity contribution in [2.24, 2.45) is 0 Å². The summed E-state index contributed by atoms with van der Waals surface area (Å²) in [6.07, 6.45) is 1.97. The number of benzene rings is 1. The second-order valence-electron chi connectivity index (χ2n) is 5.89. The number of aryl methyl sites for hydroxylation is 1. The van der Waals surface area contributed by atoms with Gasteiger partial charge >= 0.3 is 0 Å². The van der Waals surface area contributed by atoms with Crippen molar-refractivity contribution in [2.45, 2.75) is 26.4 Å².